The molecule has 3 rings (SSSR count). The summed E-state index contributed by atoms with van der Waals surface area (Å²) in [5.74, 6) is 0. The van der Waals surface area contributed by atoms with Crippen LogP contribution in [0.15, 0.2) is 29.1 Å². The first-order chi connectivity index (χ1) is 6.86. The molecule has 2 heterocycles. The van der Waals surface area contributed by atoms with E-state index in [1.54, 1.807) is 12.1 Å². The van der Waals surface area contributed by atoms with Gasteiger partial charge in [-0.05, 0) is 17.5 Å². The van der Waals surface area contributed by atoms with Crippen LogP contribution in [-0.4, -0.2) is 11.2 Å². The van der Waals surface area contributed by atoms with Crippen LogP contribution >= 0.6 is 0 Å². The van der Waals surface area contributed by atoms with Gasteiger partial charge in [-0.2, -0.15) is 0 Å². The zero-order chi connectivity index (χ0) is 9.54. The van der Waals surface area contributed by atoms with Gasteiger partial charge in [-0.1, -0.05) is 18.2 Å². The van der Waals surface area contributed by atoms with Crippen LogP contribution < -0.4 is 20.8 Å². The molecule has 3 nitrogen and oxygen atoms in total. The van der Waals surface area contributed by atoms with Crippen LogP contribution in [0.25, 0.3) is 17.0 Å². The molecule has 1 aromatic heterocycles. The Labute approximate surface area is 110 Å². The van der Waals surface area contributed by atoms with E-state index in [1.165, 1.54) is 0 Å². The fourth-order valence-electron chi connectivity index (χ4n) is 1.62. The third-order valence-corrected chi connectivity index (χ3v) is 2.30. The maximum Gasteiger partial charge on any atom is 0.250 e. The van der Waals surface area contributed by atoms with Crippen molar-refractivity contribution in [1.82, 2.24) is 9.65 Å². The van der Waals surface area contributed by atoms with E-state index in [2.05, 4.69) is 15.9 Å². The predicted octanol–water partition coefficient (Wildman–Crippen LogP) is -1.05. The summed E-state index contributed by atoms with van der Waals surface area (Å²) in [4.78, 5) is 15.0. The molecule has 0 atom stereocenters. The molecule has 1 N–H and O–H groups in total. The van der Waals surface area contributed by atoms with Crippen LogP contribution in [0.1, 0.15) is 0 Å². The van der Waals surface area contributed by atoms with E-state index in [0.29, 0.717) is 10.7 Å². The smallest absolute Gasteiger partial charge is 0.250 e. The summed E-state index contributed by atoms with van der Waals surface area (Å²) in [5.41, 5.74) is 0.807. The Hall–Kier alpha value is -1.02. The van der Waals surface area contributed by atoms with Gasteiger partial charge in [-0.25, -0.2) is 4.67 Å². The topological polar surface area (TPSA) is 47.0 Å². The Morgan fingerprint density at radius 3 is 2.93 bits per heavy atom. The number of benzene rings is 1. The summed E-state index contributed by atoms with van der Waals surface area (Å²) in [6.45, 7) is 0. The minimum atomic E-state index is -0.0319. The number of nitrogens with one attached hydrogen (secondary N) is 1. The fraction of sp³-hybridized carbons (Fsp3) is 0. The molecule has 4 heteroatoms. The van der Waals surface area contributed by atoms with Crippen molar-refractivity contribution in [2.75, 3.05) is 0 Å². The number of pyridine rings is 1. The quantitative estimate of drug-likeness (QED) is 0.482. The molecular formula is C11H6N2OY. The van der Waals surface area contributed by atoms with E-state index in [0.717, 1.165) is 10.9 Å². The van der Waals surface area contributed by atoms with Gasteiger partial charge in [0.25, 0.3) is 6.21 Å². The van der Waals surface area contributed by atoms with E-state index in [4.69, 9.17) is 0 Å². The second-order valence-electron chi connectivity index (χ2n) is 3.15. The van der Waals surface area contributed by atoms with Crippen molar-refractivity contribution in [3.8, 4) is 0 Å². The van der Waals surface area contributed by atoms with Crippen LogP contribution in [0.3, 0.4) is 0 Å². The first-order valence-electron chi connectivity index (χ1n) is 4.31. The van der Waals surface area contributed by atoms with Crippen molar-refractivity contribution >= 4 is 23.2 Å². The average molecular weight is 271 g/mol. The molecule has 1 aliphatic rings. The number of aromatic nitrogens is 1. The van der Waals surface area contributed by atoms with E-state index in [1.807, 2.05) is 18.2 Å². The van der Waals surface area contributed by atoms with Crippen LogP contribution in [0.5, 0.6) is 0 Å². The Morgan fingerprint density at radius 2 is 2.07 bits per heavy atom. The summed E-state index contributed by atoms with van der Waals surface area (Å²) in [6.07, 6.45) is 4.36. The van der Waals surface area contributed by atoms with E-state index >= 15 is 0 Å². The van der Waals surface area contributed by atoms with Gasteiger partial charge in [-0.15, -0.1) is 0 Å². The SMILES string of the molecule is O=c1c2c([nH]c3ccccc13)=C[C-]=[N+]=2.[Y]. The summed E-state index contributed by atoms with van der Waals surface area (Å²) in [6, 6.07) is 7.41. The van der Waals surface area contributed by atoms with Gasteiger partial charge < -0.3 is 4.98 Å². The van der Waals surface area contributed by atoms with Gasteiger partial charge in [0.15, 0.2) is 0 Å². The molecule has 0 unspecified atom stereocenters. The Bertz CT molecular complexity index is 739. The molecule has 0 saturated carbocycles. The Morgan fingerprint density at radius 1 is 1.27 bits per heavy atom. The summed E-state index contributed by atoms with van der Waals surface area (Å²) >= 11 is 0. The fourth-order valence-corrected chi connectivity index (χ4v) is 1.62. The normalized spacial score (nSPS) is 11.5. The number of nitrogens with zero attached hydrogens (tertiary/aromatic N) is 1. The number of rotatable bonds is 0. The summed E-state index contributed by atoms with van der Waals surface area (Å²) < 4.78 is 3.90. The van der Waals surface area contributed by atoms with Crippen molar-refractivity contribution in [1.29, 1.82) is 0 Å². The minimum absolute atomic E-state index is 0. The molecule has 69 valence electrons. The number of aromatic amines is 1. The van der Waals surface area contributed by atoms with Gasteiger partial charge in [0.2, 0.25) is 10.8 Å². The van der Waals surface area contributed by atoms with Crippen molar-refractivity contribution < 1.29 is 32.7 Å². The molecule has 0 bridgehead atoms. The molecule has 0 spiro atoms. The van der Waals surface area contributed by atoms with Gasteiger partial charge in [0, 0.05) is 43.6 Å². The van der Waals surface area contributed by atoms with Crippen molar-refractivity contribution in [2.24, 2.45) is 0 Å². The zero-order valence-electron chi connectivity index (χ0n) is 7.82. The number of hydrogen-bond acceptors (Lipinski definition) is 1. The van der Waals surface area contributed by atoms with Gasteiger partial charge >= 0.3 is 0 Å². The van der Waals surface area contributed by atoms with E-state index in [9.17, 15) is 4.79 Å². The molecule has 15 heavy (non-hydrogen) atoms. The van der Waals surface area contributed by atoms with Gasteiger partial charge in [0.1, 0.15) is 0 Å². The molecule has 0 aliphatic carbocycles. The predicted molar refractivity (Wildman–Crippen MR) is 54.5 cm³/mol. The monoisotopic (exact) mass is 271 g/mol. The molecule has 0 amide bonds. The van der Waals surface area contributed by atoms with Crippen LogP contribution in [0, 0.1) is 0 Å². The average Bonchev–Trinajstić information content (AvgIpc) is 2.66. The van der Waals surface area contributed by atoms with Crippen LogP contribution in [0.2, 0.25) is 0 Å². The van der Waals surface area contributed by atoms with Gasteiger partial charge in [-0.3, -0.25) is 4.79 Å². The Balaban J connectivity index is 0.000000853. The maximum absolute atomic E-state index is 11.8. The third kappa shape index (κ3) is 1.53. The van der Waals surface area contributed by atoms with E-state index in [-0.39, 0.29) is 38.1 Å². The van der Waals surface area contributed by atoms with Gasteiger partial charge in [0.05, 0.1) is 0 Å². The van der Waals surface area contributed by atoms with Crippen molar-refractivity contribution in [3.63, 3.8) is 0 Å². The van der Waals surface area contributed by atoms with Crippen molar-refractivity contribution in [2.45, 2.75) is 0 Å². The summed E-state index contributed by atoms with van der Waals surface area (Å²) in [7, 11) is 0. The summed E-state index contributed by atoms with van der Waals surface area (Å²) in [5, 5.41) is 1.88. The van der Waals surface area contributed by atoms with Crippen molar-refractivity contribution in [3.05, 3.63) is 45.2 Å². The zero-order valence-corrected chi connectivity index (χ0v) is 10.7. The number of H-pyrrole nitrogens is 1. The number of para-hydroxylation sites is 1. The van der Waals surface area contributed by atoms with E-state index < -0.39 is 0 Å². The minimum Gasteiger partial charge on any atom is -0.411 e. The largest absolute Gasteiger partial charge is 0.411 e. The molecule has 1 radical (unpaired) electrons. The number of hydrogen-bond donors (Lipinski definition) is 1. The second kappa shape index (κ2) is 3.86. The molecule has 0 saturated heterocycles. The first-order valence-corrected chi connectivity index (χ1v) is 4.31. The van der Waals surface area contributed by atoms with Crippen LogP contribution in [0.4, 0.5) is 0 Å². The first kappa shape index (κ1) is 10.5. The Kier molecular flexibility index (Phi) is 2.70. The standard InChI is InChI=1S/C11H6N2O.Y/c14-11-7-3-1-2-4-8(7)13-9-5-6-12-10(9)11;/h1-5,13H;. The molecule has 0 fully saturated rings. The third-order valence-electron chi connectivity index (χ3n) is 2.30. The number of fused-ring (bicyclic) bond motifs is 2. The van der Waals surface area contributed by atoms with Crippen LogP contribution in [-0.2, 0) is 32.7 Å². The molecule has 2 aromatic rings. The maximum atomic E-state index is 11.8. The molecule has 1 aliphatic heterocycles. The molecule has 1 aromatic carbocycles. The second-order valence-corrected chi connectivity index (χ2v) is 3.15. The molecular weight excluding hydrogens is 265 g/mol.